The fourth-order valence-corrected chi connectivity index (χ4v) is 4.17. The summed E-state index contributed by atoms with van der Waals surface area (Å²) in [6.07, 6.45) is 6.91. The zero-order valence-corrected chi connectivity index (χ0v) is 11.5. The molecule has 18 heavy (non-hydrogen) atoms. The Morgan fingerprint density at radius 2 is 2.22 bits per heavy atom. The van der Waals surface area contributed by atoms with Crippen molar-refractivity contribution in [3.05, 3.63) is 12.2 Å². The minimum Gasteiger partial charge on any atom is -0.359 e. The summed E-state index contributed by atoms with van der Waals surface area (Å²) < 4.78 is 10.9. The van der Waals surface area contributed by atoms with Gasteiger partial charge in [-0.1, -0.05) is 19.9 Å². The highest BCUT2D eigenvalue weighted by Crippen LogP contribution is 2.57. The summed E-state index contributed by atoms with van der Waals surface area (Å²) in [6.45, 7) is 6.63. The molecule has 2 aliphatic rings. The highest BCUT2D eigenvalue weighted by atomic mass is 16.7. The average molecular weight is 252 g/mol. The maximum Gasteiger partial charge on any atom is 0.146 e. The third-order valence-corrected chi connectivity index (χ3v) is 5.06. The lowest BCUT2D eigenvalue weighted by Gasteiger charge is -2.44. The molecule has 0 aliphatic heterocycles. The molecule has 0 amide bonds. The van der Waals surface area contributed by atoms with Crippen LogP contribution in [0.15, 0.2) is 12.2 Å². The van der Waals surface area contributed by atoms with Crippen LogP contribution in [0.25, 0.3) is 0 Å². The van der Waals surface area contributed by atoms with E-state index in [1.54, 1.807) is 7.11 Å². The lowest BCUT2D eigenvalue weighted by atomic mass is 9.63. The van der Waals surface area contributed by atoms with E-state index in [1.807, 2.05) is 0 Å². The number of fused-ring (bicyclic) bond motifs is 1. The second-order valence-electron chi connectivity index (χ2n) is 5.94. The third-order valence-electron chi connectivity index (χ3n) is 5.06. The van der Waals surface area contributed by atoms with Gasteiger partial charge in [0, 0.05) is 7.11 Å². The Morgan fingerprint density at radius 3 is 2.89 bits per heavy atom. The van der Waals surface area contributed by atoms with Crippen molar-refractivity contribution in [3.8, 4) is 0 Å². The Balaban J connectivity index is 2.12. The van der Waals surface area contributed by atoms with Crippen molar-refractivity contribution in [3.63, 3.8) is 0 Å². The van der Waals surface area contributed by atoms with Gasteiger partial charge in [-0.15, -0.1) is 0 Å². The van der Waals surface area contributed by atoms with E-state index in [0.29, 0.717) is 18.6 Å². The zero-order chi connectivity index (χ0) is 13.2. The number of hydrogen-bond acceptors (Lipinski definition) is 3. The first-order chi connectivity index (χ1) is 8.63. The van der Waals surface area contributed by atoms with E-state index in [4.69, 9.17) is 9.47 Å². The van der Waals surface area contributed by atoms with Gasteiger partial charge in [-0.25, -0.2) is 0 Å². The standard InChI is InChI=1S/C15H24O3/c1-11(9-16)12-6-7-13-14(18-10-17-3)5-4-8-15(12,13)2/h9,12-14H,1,4-8,10H2,2-3H3. The van der Waals surface area contributed by atoms with Gasteiger partial charge in [-0.2, -0.15) is 0 Å². The summed E-state index contributed by atoms with van der Waals surface area (Å²) in [7, 11) is 1.66. The molecule has 0 aromatic rings. The Bertz CT molecular complexity index is 326. The number of aldehydes is 1. The molecule has 4 atom stereocenters. The summed E-state index contributed by atoms with van der Waals surface area (Å²) in [5, 5.41) is 0. The molecular formula is C15H24O3. The molecule has 3 nitrogen and oxygen atoms in total. The van der Waals surface area contributed by atoms with Gasteiger partial charge in [0.2, 0.25) is 0 Å². The van der Waals surface area contributed by atoms with Crippen molar-refractivity contribution < 1.29 is 14.3 Å². The molecule has 2 saturated carbocycles. The fraction of sp³-hybridized carbons (Fsp3) is 0.800. The first-order valence-corrected chi connectivity index (χ1v) is 6.88. The predicted molar refractivity (Wildman–Crippen MR) is 70.1 cm³/mol. The molecule has 0 aromatic heterocycles. The van der Waals surface area contributed by atoms with Crippen LogP contribution in [-0.4, -0.2) is 26.3 Å². The largest absolute Gasteiger partial charge is 0.359 e. The number of methoxy groups -OCH3 is 1. The highest BCUT2D eigenvalue weighted by Gasteiger charge is 2.52. The van der Waals surface area contributed by atoms with Crippen LogP contribution in [-0.2, 0) is 14.3 Å². The first kappa shape index (κ1) is 13.8. The number of rotatable bonds is 5. The Kier molecular flexibility index (Phi) is 4.23. The third kappa shape index (κ3) is 2.26. The van der Waals surface area contributed by atoms with E-state index in [-0.39, 0.29) is 11.5 Å². The minimum absolute atomic E-state index is 0.189. The molecule has 0 N–H and O–H groups in total. The molecule has 0 heterocycles. The summed E-state index contributed by atoms with van der Waals surface area (Å²) in [4.78, 5) is 11.0. The van der Waals surface area contributed by atoms with Crippen LogP contribution >= 0.6 is 0 Å². The number of carbonyl (C=O) groups is 1. The lowest BCUT2D eigenvalue weighted by Crippen LogP contribution is -2.41. The molecule has 2 rings (SSSR count). The quantitative estimate of drug-likeness (QED) is 0.429. The molecule has 0 bridgehead atoms. The maximum atomic E-state index is 11.0. The number of ether oxygens (including phenoxy) is 2. The fourth-order valence-electron chi connectivity index (χ4n) is 4.17. The topological polar surface area (TPSA) is 35.5 Å². The van der Waals surface area contributed by atoms with Gasteiger partial charge in [0.1, 0.15) is 13.1 Å². The maximum absolute atomic E-state index is 11.0. The van der Waals surface area contributed by atoms with Crippen LogP contribution < -0.4 is 0 Å². The van der Waals surface area contributed by atoms with Gasteiger partial charge in [0.25, 0.3) is 0 Å². The molecule has 0 aromatic carbocycles. The van der Waals surface area contributed by atoms with E-state index in [1.165, 1.54) is 12.8 Å². The Hall–Kier alpha value is -0.670. The minimum atomic E-state index is 0.189. The number of carbonyl (C=O) groups excluding carboxylic acids is 1. The van der Waals surface area contributed by atoms with E-state index in [2.05, 4.69) is 13.5 Å². The lowest BCUT2D eigenvalue weighted by molar-refractivity contribution is -0.126. The molecular weight excluding hydrogens is 228 g/mol. The van der Waals surface area contributed by atoms with Gasteiger partial charge in [0.15, 0.2) is 0 Å². The predicted octanol–water partition coefficient (Wildman–Crippen LogP) is 2.95. The van der Waals surface area contributed by atoms with Crippen molar-refractivity contribution >= 4 is 6.29 Å². The average Bonchev–Trinajstić information content (AvgIpc) is 2.73. The summed E-state index contributed by atoms with van der Waals surface area (Å²) in [5.41, 5.74) is 0.960. The van der Waals surface area contributed by atoms with Crippen molar-refractivity contribution in [2.24, 2.45) is 17.3 Å². The SMILES string of the molecule is C=C(C=O)C1CCC2C(OCOC)CCCC12C. The van der Waals surface area contributed by atoms with Crippen LogP contribution in [0.5, 0.6) is 0 Å². The van der Waals surface area contributed by atoms with Crippen molar-refractivity contribution in [2.45, 2.75) is 45.1 Å². The van der Waals surface area contributed by atoms with E-state index < -0.39 is 0 Å². The van der Waals surface area contributed by atoms with E-state index >= 15 is 0 Å². The van der Waals surface area contributed by atoms with E-state index in [9.17, 15) is 4.79 Å². The Labute approximate surface area is 110 Å². The second-order valence-corrected chi connectivity index (χ2v) is 5.94. The van der Waals surface area contributed by atoms with Crippen LogP contribution in [0.2, 0.25) is 0 Å². The molecule has 0 spiro atoms. The molecule has 0 radical (unpaired) electrons. The molecule has 0 saturated heterocycles. The Morgan fingerprint density at radius 1 is 1.44 bits per heavy atom. The molecule has 2 aliphatic carbocycles. The highest BCUT2D eigenvalue weighted by molar-refractivity contribution is 5.73. The summed E-state index contributed by atoms with van der Waals surface area (Å²) in [6, 6.07) is 0. The number of allylic oxidation sites excluding steroid dienone is 1. The van der Waals surface area contributed by atoms with Crippen LogP contribution in [0, 0.1) is 17.3 Å². The molecule has 102 valence electrons. The van der Waals surface area contributed by atoms with Crippen LogP contribution in [0.4, 0.5) is 0 Å². The van der Waals surface area contributed by atoms with Gasteiger partial charge in [0.05, 0.1) is 6.10 Å². The van der Waals surface area contributed by atoms with Gasteiger partial charge >= 0.3 is 0 Å². The normalized spacial score (nSPS) is 39.3. The van der Waals surface area contributed by atoms with Crippen LogP contribution in [0.1, 0.15) is 39.0 Å². The molecule has 3 heteroatoms. The van der Waals surface area contributed by atoms with Gasteiger partial charge < -0.3 is 9.47 Å². The van der Waals surface area contributed by atoms with Crippen molar-refractivity contribution in [2.75, 3.05) is 13.9 Å². The summed E-state index contributed by atoms with van der Waals surface area (Å²) in [5.74, 6) is 0.886. The van der Waals surface area contributed by atoms with Crippen LogP contribution in [0.3, 0.4) is 0 Å². The number of hydrogen-bond donors (Lipinski definition) is 0. The second kappa shape index (κ2) is 5.54. The van der Waals surface area contributed by atoms with Crippen molar-refractivity contribution in [1.29, 1.82) is 0 Å². The van der Waals surface area contributed by atoms with Gasteiger partial charge in [-0.3, -0.25) is 4.79 Å². The first-order valence-electron chi connectivity index (χ1n) is 6.88. The molecule has 2 fully saturated rings. The smallest absolute Gasteiger partial charge is 0.146 e. The summed E-state index contributed by atoms with van der Waals surface area (Å²) >= 11 is 0. The van der Waals surface area contributed by atoms with Gasteiger partial charge in [-0.05, 0) is 48.5 Å². The van der Waals surface area contributed by atoms with Crippen molar-refractivity contribution in [1.82, 2.24) is 0 Å². The van der Waals surface area contributed by atoms with E-state index in [0.717, 1.165) is 31.1 Å². The monoisotopic (exact) mass is 252 g/mol. The zero-order valence-electron chi connectivity index (χ0n) is 11.5. The molecule has 4 unspecified atom stereocenters.